The molecule has 1 aromatic carbocycles. The topological polar surface area (TPSA) is 54.3 Å². The summed E-state index contributed by atoms with van der Waals surface area (Å²) in [6, 6.07) is 6.36. The van der Waals surface area contributed by atoms with E-state index in [0.29, 0.717) is 18.8 Å². The summed E-state index contributed by atoms with van der Waals surface area (Å²) in [5.41, 5.74) is 4.12. The molecule has 142 valence electrons. The van der Waals surface area contributed by atoms with Crippen LogP contribution in [0.3, 0.4) is 0 Å². The lowest BCUT2D eigenvalue weighted by atomic mass is 10.1. The van der Waals surface area contributed by atoms with Gasteiger partial charge in [0, 0.05) is 38.4 Å². The molecule has 0 radical (unpaired) electrons. The third kappa shape index (κ3) is 3.32. The van der Waals surface area contributed by atoms with Gasteiger partial charge in [0.25, 0.3) is 5.91 Å². The minimum Gasteiger partial charge on any atom is -0.345 e. The SMILES string of the molecule is Cc1ccc(C)c2sc(N3CCN(C(=O)c4ccn(C(C)C)n4)CC3)nc12. The molecular weight excluding hydrogens is 358 g/mol. The number of rotatable bonds is 3. The van der Waals surface area contributed by atoms with Crippen molar-refractivity contribution in [2.45, 2.75) is 33.7 Å². The highest BCUT2D eigenvalue weighted by Gasteiger charge is 2.25. The maximum Gasteiger partial charge on any atom is 0.274 e. The van der Waals surface area contributed by atoms with Gasteiger partial charge in [-0.05, 0) is 44.9 Å². The number of carbonyl (C=O) groups is 1. The van der Waals surface area contributed by atoms with E-state index in [1.54, 1.807) is 11.3 Å². The van der Waals surface area contributed by atoms with Crippen molar-refractivity contribution in [3.8, 4) is 0 Å². The Kier molecular flexibility index (Phi) is 4.63. The maximum absolute atomic E-state index is 12.7. The van der Waals surface area contributed by atoms with Crippen LogP contribution in [0.2, 0.25) is 0 Å². The Morgan fingerprint density at radius 2 is 1.78 bits per heavy atom. The smallest absolute Gasteiger partial charge is 0.274 e. The summed E-state index contributed by atoms with van der Waals surface area (Å²) < 4.78 is 3.10. The van der Waals surface area contributed by atoms with Crippen LogP contribution in [0.5, 0.6) is 0 Å². The molecule has 0 aliphatic carbocycles. The lowest BCUT2D eigenvalue weighted by molar-refractivity contribution is 0.0739. The average molecular weight is 384 g/mol. The molecule has 0 saturated carbocycles. The molecule has 0 unspecified atom stereocenters. The van der Waals surface area contributed by atoms with Gasteiger partial charge in [0.15, 0.2) is 5.13 Å². The third-order valence-electron chi connectivity index (χ3n) is 5.12. The van der Waals surface area contributed by atoms with Gasteiger partial charge in [-0.2, -0.15) is 5.10 Å². The third-order valence-corrected chi connectivity index (χ3v) is 6.38. The monoisotopic (exact) mass is 383 g/mol. The second-order valence-electron chi connectivity index (χ2n) is 7.43. The summed E-state index contributed by atoms with van der Waals surface area (Å²) in [6.45, 7) is 11.4. The molecular formula is C20H25N5OS. The zero-order valence-corrected chi connectivity index (χ0v) is 17.1. The van der Waals surface area contributed by atoms with Gasteiger partial charge < -0.3 is 9.80 Å². The van der Waals surface area contributed by atoms with Crippen LogP contribution in [0.25, 0.3) is 10.2 Å². The molecule has 0 atom stereocenters. The first-order valence-corrected chi connectivity index (χ1v) is 10.2. The van der Waals surface area contributed by atoms with Gasteiger partial charge in [-0.3, -0.25) is 9.48 Å². The van der Waals surface area contributed by atoms with E-state index in [4.69, 9.17) is 4.98 Å². The number of hydrogen-bond donors (Lipinski definition) is 0. The van der Waals surface area contributed by atoms with Crippen molar-refractivity contribution < 1.29 is 4.79 Å². The molecule has 3 heterocycles. The Labute approximate surface area is 163 Å². The van der Waals surface area contributed by atoms with Crippen molar-refractivity contribution in [3.63, 3.8) is 0 Å². The molecule has 0 N–H and O–H groups in total. The van der Waals surface area contributed by atoms with Crippen LogP contribution in [0.1, 0.15) is 41.5 Å². The molecule has 27 heavy (non-hydrogen) atoms. The van der Waals surface area contributed by atoms with Gasteiger partial charge in [0.1, 0.15) is 5.69 Å². The second kappa shape index (κ2) is 6.96. The van der Waals surface area contributed by atoms with Crippen LogP contribution in [0.15, 0.2) is 24.4 Å². The molecule has 1 fully saturated rings. The van der Waals surface area contributed by atoms with Crippen molar-refractivity contribution in [3.05, 3.63) is 41.2 Å². The number of piperazine rings is 1. The van der Waals surface area contributed by atoms with Crippen molar-refractivity contribution in [1.29, 1.82) is 0 Å². The van der Waals surface area contributed by atoms with E-state index < -0.39 is 0 Å². The molecule has 0 bridgehead atoms. The number of amides is 1. The van der Waals surface area contributed by atoms with Crippen LogP contribution in [-0.2, 0) is 0 Å². The largest absolute Gasteiger partial charge is 0.345 e. The van der Waals surface area contributed by atoms with Gasteiger partial charge in [0.05, 0.1) is 10.2 Å². The summed E-state index contributed by atoms with van der Waals surface area (Å²) in [5, 5.41) is 5.47. The highest BCUT2D eigenvalue weighted by Crippen LogP contribution is 2.33. The number of aryl methyl sites for hydroxylation is 2. The summed E-state index contributed by atoms with van der Waals surface area (Å²) in [5.74, 6) is 0.0186. The van der Waals surface area contributed by atoms with E-state index in [1.807, 2.05) is 21.8 Å². The molecule has 1 saturated heterocycles. The Balaban J connectivity index is 1.46. The van der Waals surface area contributed by atoms with E-state index in [-0.39, 0.29) is 11.9 Å². The molecule has 7 heteroatoms. The normalized spacial score (nSPS) is 15.1. The van der Waals surface area contributed by atoms with Crippen molar-refractivity contribution in [1.82, 2.24) is 19.7 Å². The van der Waals surface area contributed by atoms with E-state index in [0.717, 1.165) is 23.7 Å². The van der Waals surface area contributed by atoms with E-state index in [2.05, 4.69) is 49.8 Å². The summed E-state index contributed by atoms with van der Waals surface area (Å²) in [6.07, 6.45) is 1.87. The van der Waals surface area contributed by atoms with Gasteiger partial charge in [-0.15, -0.1) is 0 Å². The van der Waals surface area contributed by atoms with Crippen molar-refractivity contribution >= 4 is 32.6 Å². The van der Waals surface area contributed by atoms with E-state index in [9.17, 15) is 4.79 Å². The predicted molar refractivity (Wildman–Crippen MR) is 110 cm³/mol. The number of anilines is 1. The number of fused-ring (bicyclic) bond motifs is 1. The zero-order chi connectivity index (χ0) is 19.1. The molecule has 4 rings (SSSR count). The fraction of sp³-hybridized carbons (Fsp3) is 0.450. The van der Waals surface area contributed by atoms with Crippen LogP contribution < -0.4 is 4.90 Å². The van der Waals surface area contributed by atoms with Crippen molar-refractivity contribution in [2.75, 3.05) is 31.1 Å². The Morgan fingerprint density at radius 3 is 2.41 bits per heavy atom. The van der Waals surface area contributed by atoms with Crippen LogP contribution in [0.4, 0.5) is 5.13 Å². The molecule has 1 aliphatic rings. The average Bonchev–Trinajstić information content (AvgIpc) is 3.32. The molecule has 3 aromatic rings. The highest BCUT2D eigenvalue weighted by atomic mass is 32.1. The number of thiazole rings is 1. The summed E-state index contributed by atoms with van der Waals surface area (Å²) in [7, 11) is 0. The van der Waals surface area contributed by atoms with Gasteiger partial charge in [-0.1, -0.05) is 23.5 Å². The van der Waals surface area contributed by atoms with Crippen LogP contribution in [-0.4, -0.2) is 51.8 Å². The Bertz CT molecular complexity index is 943. The lowest BCUT2D eigenvalue weighted by Crippen LogP contribution is -2.48. The summed E-state index contributed by atoms with van der Waals surface area (Å²) in [4.78, 5) is 21.8. The van der Waals surface area contributed by atoms with Gasteiger partial charge in [0.2, 0.25) is 0 Å². The first-order valence-electron chi connectivity index (χ1n) is 9.40. The lowest BCUT2D eigenvalue weighted by Gasteiger charge is -2.34. The first-order chi connectivity index (χ1) is 12.9. The number of aromatic nitrogens is 3. The number of carbonyl (C=O) groups excluding carboxylic acids is 1. The van der Waals surface area contributed by atoms with Crippen LogP contribution in [0, 0.1) is 13.8 Å². The molecule has 2 aromatic heterocycles. The minimum atomic E-state index is 0.0186. The zero-order valence-electron chi connectivity index (χ0n) is 16.3. The summed E-state index contributed by atoms with van der Waals surface area (Å²) >= 11 is 1.75. The molecule has 6 nitrogen and oxygen atoms in total. The minimum absolute atomic E-state index is 0.0186. The number of nitrogens with zero attached hydrogens (tertiary/aromatic N) is 5. The standard InChI is InChI=1S/C20H25N5OS/c1-13(2)25-8-7-16(22-25)19(26)23-9-11-24(12-10-23)20-21-17-14(3)5-6-15(4)18(17)27-20/h5-8,13H,9-12H2,1-4H3. The maximum atomic E-state index is 12.7. The molecule has 1 aliphatic heterocycles. The quantitative estimate of drug-likeness (QED) is 0.693. The fourth-order valence-corrected chi connectivity index (χ4v) is 4.55. The van der Waals surface area contributed by atoms with Crippen LogP contribution >= 0.6 is 11.3 Å². The van der Waals surface area contributed by atoms with Crippen molar-refractivity contribution in [2.24, 2.45) is 0 Å². The highest BCUT2D eigenvalue weighted by molar-refractivity contribution is 7.22. The fourth-order valence-electron chi connectivity index (χ4n) is 3.39. The Hall–Kier alpha value is -2.41. The van der Waals surface area contributed by atoms with Gasteiger partial charge >= 0.3 is 0 Å². The number of hydrogen-bond acceptors (Lipinski definition) is 5. The first kappa shape index (κ1) is 18.0. The number of benzene rings is 1. The Morgan fingerprint density at radius 1 is 1.07 bits per heavy atom. The second-order valence-corrected chi connectivity index (χ2v) is 8.41. The van der Waals surface area contributed by atoms with Gasteiger partial charge in [-0.25, -0.2) is 4.98 Å². The van der Waals surface area contributed by atoms with E-state index in [1.165, 1.54) is 15.8 Å². The predicted octanol–water partition coefficient (Wildman–Crippen LogP) is 3.65. The van der Waals surface area contributed by atoms with E-state index >= 15 is 0 Å². The molecule has 0 spiro atoms. The molecule has 1 amide bonds.